The maximum absolute atomic E-state index is 11.6. The number of anilines is 1. The SMILES string of the molecule is CC/C=C(/C)C(=O)Nc1cncc(Br)c1. The first-order valence-electron chi connectivity index (χ1n) is 4.72. The molecule has 0 unspecified atom stereocenters. The van der Waals surface area contributed by atoms with Gasteiger partial charge in [-0.3, -0.25) is 9.78 Å². The monoisotopic (exact) mass is 268 g/mol. The summed E-state index contributed by atoms with van der Waals surface area (Å²) in [6.07, 6.45) is 6.03. The highest BCUT2D eigenvalue weighted by Crippen LogP contribution is 2.14. The van der Waals surface area contributed by atoms with Crippen molar-refractivity contribution in [2.24, 2.45) is 0 Å². The Morgan fingerprint density at radius 3 is 2.93 bits per heavy atom. The second-order valence-corrected chi connectivity index (χ2v) is 4.06. The number of halogens is 1. The number of allylic oxidation sites excluding steroid dienone is 1. The van der Waals surface area contributed by atoms with Crippen molar-refractivity contribution in [1.82, 2.24) is 4.98 Å². The van der Waals surface area contributed by atoms with Crippen molar-refractivity contribution in [3.63, 3.8) is 0 Å². The first-order chi connectivity index (χ1) is 7.13. The van der Waals surface area contributed by atoms with Crippen LogP contribution in [0.2, 0.25) is 0 Å². The van der Waals surface area contributed by atoms with Crippen molar-refractivity contribution in [2.75, 3.05) is 5.32 Å². The van der Waals surface area contributed by atoms with Crippen LogP contribution in [0.3, 0.4) is 0 Å². The molecule has 0 aliphatic carbocycles. The number of pyridine rings is 1. The summed E-state index contributed by atoms with van der Waals surface area (Å²) >= 11 is 3.29. The molecular formula is C11H13BrN2O. The molecule has 0 aliphatic rings. The molecule has 0 saturated carbocycles. The van der Waals surface area contributed by atoms with E-state index < -0.39 is 0 Å². The van der Waals surface area contributed by atoms with Gasteiger partial charge < -0.3 is 5.32 Å². The van der Waals surface area contributed by atoms with Gasteiger partial charge in [-0.2, -0.15) is 0 Å². The summed E-state index contributed by atoms with van der Waals surface area (Å²) < 4.78 is 0.845. The highest BCUT2D eigenvalue weighted by atomic mass is 79.9. The summed E-state index contributed by atoms with van der Waals surface area (Å²) in [5, 5.41) is 2.77. The zero-order valence-electron chi connectivity index (χ0n) is 8.75. The number of rotatable bonds is 3. The highest BCUT2D eigenvalue weighted by Gasteiger charge is 2.04. The van der Waals surface area contributed by atoms with Gasteiger partial charge in [-0.1, -0.05) is 13.0 Å². The average molecular weight is 269 g/mol. The van der Waals surface area contributed by atoms with Crippen LogP contribution in [0.1, 0.15) is 20.3 Å². The molecule has 1 rings (SSSR count). The third kappa shape index (κ3) is 3.83. The molecule has 3 nitrogen and oxygen atoms in total. The van der Waals surface area contributed by atoms with Crippen LogP contribution in [0, 0.1) is 0 Å². The third-order valence-corrected chi connectivity index (χ3v) is 2.26. The van der Waals surface area contributed by atoms with E-state index in [1.54, 1.807) is 19.3 Å². The first-order valence-corrected chi connectivity index (χ1v) is 5.51. The number of hydrogen-bond donors (Lipinski definition) is 1. The van der Waals surface area contributed by atoms with E-state index in [1.165, 1.54) is 0 Å². The second-order valence-electron chi connectivity index (χ2n) is 3.14. The van der Waals surface area contributed by atoms with E-state index in [4.69, 9.17) is 0 Å². The van der Waals surface area contributed by atoms with E-state index in [9.17, 15) is 4.79 Å². The van der Waals surface area contributed by atoms with E-state index in [2.05, 4.69) is 26.2 Å². The predicted octanol–water partition coefficient (Wildman–Crippen LogP) is 3.14. The zero-order chi connectivity index (χ0) is 11.3. The Labute approximate surface area is 97.7 Å². The van der Waals surface area contributed by atoms with Crippen LogP contribution in [0.4, 0.5) is 5.69 Å². The molecule has 0 bridgehead atoms. The number of nitrogens with one attached hydrogen (secondary N) is 1. The van der Waals surface area contributed by atoms with Gasteiger partial charge in [0.15, 0.2) is 0 Å². The van der Waals surface area contributed by atoms with Gasteiger partial charge in [0.2, 0.25) is 0 Å². The van der Waals surface area contributed by atoms with Crippen LogP contribution in [0.15, 0.2) is 34.6 Å². The fourth-order valence-corrected chi connectivity index (χ4v) is 1.47. The predicted molar refractivity (Wildman–Crippen MR) is 64.6 cm³/mol. The van der Waals surface area contributed by atoms with E-state index in [1.807, 2.05) is 19.1 Å². The lowest BCUT2D eigenvalue weighted by molar-refractivity contribution is -0.112. The summed E-state index contributed by atoms with van der Waals surface area (Å²) in [7, 11) is 0. The number of carbonyl (C=O) groups is 1. The normalized spacial score (nSPS) is 11.3. The fraction of sp³-hybridized carbons (Fsp3) is 0.273. The molecule has 4 heteroatoms. The molecule has 0 fully saturated rings. The first kappa shape index (κ1) is 11.9. The minimum absolute atomic E-state index is 0.0863. The molecule has 80 valence electrons. The summed E-state index contributed by atoms with van der Waals surface area (Å²) in [6, 6.07) is 1.81. The Hall–Kier alpha value is -1.16. The lowest BCUT2D eigenvalue weighted by Gasteiger charge is -2.04. The van der Waals surface area contributed by atoms with Crippen molar-refractivity contribution in [3.8, 4) is 0 Å². The van der Waals surface area contributed by atoms with Crippen LogP contribution < -0.4 is 5.32 Å². The van der Waals surface area contributed by atoms with Crippen molar-refractivity contribution >= 4 is 27.5 Å². The summed E-state index contributed by atoms with van der Waals surface area (Å²) in [6.45, 7) is 3.79. The van der Waals surface area contributed by atoms with Crippen molar-refractivity contribution in [3.05, 3.63) is 34.6 Å². The van der Waals surface area contributed by atoms with Crippen molar-refractivity contribution in [2.45, 2.75) is 20.3 Å². The topological polar surface area (TPSA) is 42.0 Å². The van der Waals surface area contributed by atoms with E-state index in [0.717, 1.165) is 16.5 Å². The molecule has 1 aromatic heterocycles. The largest absolute Gasteiger partial charge is 0.321 e. The van der Waals surface area contributed by atoms with E-state index in [0.29, 0.717) is 5.69 Å². The lowest BCUT2D eigenvalue weighted by atomic mass is 10.2. The summed E-state index contributed by atoms with van der Waals surface area (Å²) in [5.74, 6) is -0.0863. The third-order valence-electron chi connectivity index (χ3n) is 1.83. The van der Waals surface area contributed by atoms with Crippen molar-refractivity contribution in [1.29, 1.82) is 0 Å². The lowest BCUT2D eigenvalue weighted by Crippen LogP contribution is -2.12. The van der Waals surface area contributed by atoms with Gasteiger partial charge in [0, 0.05) is 16.2 Å². The number of amides is 1. The Kier molecular flexibility index (Phi) is 4.49. The number of nitrogens with zero attached hydrogens (tertiary/aromatic N) is 1. The molecule has 0 atom stereocenters. The molecule has 0 radical (unpaired) electrons. The van der Waals surface area contributed by atoms with E-state index >= 15 is 0 Å². The van der Waals surface area contributed by atoms with Crippen LogP contribution in [-0.2, 0) is 4.79 Å². The molecule has 1 heterocycles. The van der Waals surface area contributed by atoms with Gasteiger partial charge in [0.1, 0.15) is 0 Å². The van der Waals surface area contributed by atoms with Gasteiger partial charge in [-0.05, 0) is 35.3 Å². The van der Waals surface area contributed by atoms with E-state index in [-0.39, 0.29) is 5.91 Å². The Bertz CT molecular complexity index is 388. The van der Waals surface area contributed by atoms with Crippen LogP contribution in [0.25, 0.3) is 0 Å². The summed E-state index contributed by atoms with van der Waals surface area (Å²) in [4.78, 5) is 15.6. The van der Waals surface area contributed by atoms with Gasteiger partial charge in [-0.25, -0.2) is 0 Å². The molecule has 1 aromatic rings. The number of hydrogen-bond acceptors (Lipinski definition) is 2. The Balaban J connectivity index is 2.70. The fourth-order valence-electron chi connectivity index (χ4n) is 1.11. The van der Waals surface area contributed by atoms with Crippen molar-refractivity contribution < 1.29 is 4.79 Å². The molecule has 0 spiro atoms. The standard InChI is InChI=1S/C11H13BrN2O/c1-3-4-8(2)11(15)14-10-5-9(12)6-13-7-10/h4-7H,3H2,1-2H3,(H,14,15)/b8-4-. The average Bonchev–Trinajstić information content (AvgIpc) is 2.18. The van der Waals surface area contributed by atoms with Crippen LogP contribution in [0.5, 0.6) is 0 Å². The Morgan fingerprint density at radius 2 is 2.33 bits per heavy atom. The molecule has 1 N–H and O–H groups in total. The summed E-state index contributed by atoms with van der Waals surface area (Å²) in [5.41, 5.74) is 1.41. The van der Waals surface area contributed by atoms with Gasteiger partial charge in [0.05, 0.1) is 11.9 Å². The Morgan fingerprint density at radius 1 is 1.60 bits per heavy atom. The highest BCUT2D eigenvalue weighted by molar-refractivity contribution is 9.10. The van der Waals surface area contributed by atoms with Crippen LogP contribution >= 0.6 is 15.9 Å². The molecule has 0 aromatic carbocycles. The van der Waals surface area contributed by atoms with Gasteiger partial charge in [0.25, 0.3) is 5.91 Å². The second kappa shape index (κ2) is 5.66. The number of carbonyl (C=O) groups excluding carboxylic acids is 1. The minimum Gasteiger partial charge on any atom is -0.321 e. The molecule has 0 aliphatic heterocycles. The minimum atomic E-state index is -0.0863. The van der Waals surface area contributed by atoms with Gasteiger partial charge in [-0.15, -0.1) is 0 Å². The maximum Gasteiger partial charge on any atom is 0.251 e. The van der Waals surface area contributed by atoms with Gasteiger partial charge >= 0.3 is 0 Å². The molecule has 0 saturated heterocycles. The zero-order valence-corrected chi connectivity index (χ0v) is 10.3. The molecule has 1 amide bonds. The smallest absolute Gasteiger partial charge is 0.251 e. The molecule has 15 heavy (non-hydrogen) atoms. The maximum atomic E-state index is 11.6. The molecular weight excluding hydrogens is 256 g/mol. The quantitative estimate of drug-likeness (QED) is 0.856. The van der Waals surface area contributed by atoms with Crippen LogP contribution in [-0.4, -0.2) is 10.9 Å². The number of aromatic nitrogens is 1.